The number of hydrogen-bond donors (Lipinski definition) is 1. The zero-order chi connectivity index (χ0) is 21.8. The van der Waals surface area contributed by atoms with E-state index in [9.17, 15) is 4.79 Å². The maximum Gasteiger partial charge on any atom is 0.435 e. The van der Waals surface area contributed by atoms with E-state index in [1.165, 1.54) is 10.2 Å². The van der Waals surface area contributed by atoms with Crippen molar-refractivity contribution in [3.8, 4) is 11.3 Å². The molecular formula is C23H28N4O2Si. The van der Waals surface area contributed by atoms with Crippen LogP contribution in [0.2, 0.25) is 19.6 Å². The number of anilines is 1. The predicted octanol–water partition coefficient (Wildman–Crippen LogP) is 5.71. The fraction of sp³-hybridized carbons (Fsp3) is 0.304. The van der Waals surface area contributed by atoms with Crippen LogP contribution in [0.4, 0.5) is 10.5 Å². The van der Waals surface area contributed by atoms with Crippen molar-refractivity contribution in [3.05, 3.63) is 48.7 Å². The molecule has 2 aromatic heterocycles. The van der Waals surface area contributed by atoms with Crippen LogP contribution in [0.15, 0.2) is 48.7 Å². The lowest BCUT2D eigenvalue weighted by Crippen LogP contribution is -2.30. The van der Waals surface area contributed by atoms with Crippen molar-refractivity contribution in [2.24, 2.45) is 0 Å². The summed E-state index contributed by atoms with van der Waals surface area (Å²) in [6, 6.07) is 13.9. The molecule has 2 heterocycles. The van der Waals surface area contributed by atoms with Gasteiger partial charge in [0, 0.05) is 27.5 Å². The van der Waals surface area contributed by atoms with Crippen LogP contribution >= 0.6 is 0 Å². The van der Waals surface area contributed by atoms with E-state index in [0.29, 0.717) is 11.2 Å². The van der Waals surface area contributed by atoms with Gasteiger partial charge < -0.3 is 14.7 Å². The minimum absolute atomic E-state index is 0.517. The number of nitrogens with zero attached hydrogens (tertiary/aromatic N) is 3. The van der Waals surface area contributed by atoms with Crippen LogP contribution in [0.25, 0.3) is 33.1 Å². The molecule has 4 aromatic rings. The Labute approximate surface area is 177 Å². The molecule has 0 bridgehead atoms. The SMILES string of the molecule is CC(C)(C)OC(=O)n1nc(-c2cccc3c2ccn3[Si](C)(C)C)c2ccc(N)cc21. The van der Waals surface area contributed by atoms with Gasteiger partial charge in [0.2, 0.25) is 0 Å². The van der Waals surface area contributed by atoms with E-state index < -0.39 is 19.9 Å². The molecule has 2 aromatic carbocycles. The molecule has 0 saturated heterocycles. The standard InChI is InChI=1S/C23H28N4O2Si/c1-23(2,3)29-22(28)27-20-14-15(24)10-11-18(20)21(25-27)17-8-7-9-19-16(17)12-13-26(19)30(4,5)6/h7-14H,24H2,1-6H3. The normalized spacial score (nSPS) is 12.6. The average molecular weight is 421 g/mol. The lowest BCUT2D eigenvalue weighted by molar-refractivity contribution is 0.0523. The molecule has 0 fully saturated rings. The van der Waals surface area contributed by atoms with E-state index in [2.05, 4.69) is 48.3 Å². The van der Waals surface area contributed by atoms with Crippen molar-refractivity contribution in [1.29, 1.82) is 0 Å². The van der Waals surface area contributed by atoms with Crippen LogP contribution in [-0.2, 0) is 4.74 Å². The number of benzene rings is 2. The Kier molecular flexibility index (Phi) is 4.54. The molecular weight excluding hydrogens is 392 g/mol. The Balaban J connectivity index is 1.97. The van der Waals surface area contributed by atoms with E-state index in [4.69, 9.17) is 15.6 Å². The summed E-state index contributed by atoms with van der Waals surface area (Å²) in [5.74, 6) is 0. The van der Waals surface area contributed by atoms with Crippen LogP contribution in [-0.4, -0.2) is 33.9 Å². The maximum atomic E-state index is 12.9. The fourth-order valence-corrected chi connectivity index (χ4v) is 5.17. The highest BCUT2D eigenvalue weighted by atomic mass is 28.3. The molecule has 0 atom stereocenters. The number of carbonyl (C=O) groups is 1. The number of nitrogen functional groups attached to an aromatic ring is 1. The molecule has 0 aliphatic rings. The molecule has 0 saturated carbocycles. The van der Waals surface area contributed by atoms with Crippen LogP contribution in [0.3, 0.4) is 0 Å². The van der Waals surface area contributed by atoms with Crippen LogP contribution in [0.1, 0.15) is 20.8 Å². The monoisotopic (exact) mass is 420 g/mol. The van der Waals surface area contributed by atoms with Gasteiger partial charge in [0.05, 0.1) is 5.52 Å². The third-order valence-electron chi connectivity index (χ3n) is 4.98. The Morgan fingerprint density at radius 3 is 2.43 bits per heavy atom. The predicted molar refractivity (Wildman–Crippen MR) is 125 cm³/mol. The molecule has 0 amide bonds. The quantitative estimate of drug-likeness (QED) is 0.333. The van der Waals surface area contributed by atoms with Crippen molar-refractivity contribution < 1.29 is 9.53 Å². The largest absolute Gasteiger partial charge is 0.442 e. The topological polar surface area (TPSA) is 75.1 Å². The molecule has 6 nitrogen and oxygen atoms in total. The van der Waals surface area contributed by atoms with E-state index in [-0.39, 0.29) is 0 Å². The summed E-state index contributed by atoms with van der Waals surface area (Å²) in [5.41, 5.74) is 9.52. The smallest absolute Gasteiger partial charge is 0.435 e. The minimum Gasteiger partial charge on any atom is -0.442 e. The summed E-state index contributed by atoms with van der Waals surface area (Å²) in [7, 11) is -1.57. The first kappa shape index (κ1) is 20.2. The van der Waals surface area contributed by atoms with E-state index in [1.807, 2.05) is 39.0 Å². The number of aromatic nitrogens is 3. The fourth-order valence-electron chi connectivity index (χ4n) is 3.73. The van der Waals surface area contributed by atoms with Gasteiger partial charge in [-0.3, -0.25) is 0 Å². The maximum absolute atomic E-state index is 12.9. The molecule has 156 valence electrons. The van der Waals surface area contributed by atoms with Gasteiger partial charge in [-0.25, -0.2) is 4.79 Å². The molecule has 0 aliphatic heterocycles. The third kappa shape index (κ3) is 3.50. The van der Waals surface area contributed by atoms with Crippen molar-refractivity contribution in [3.63, 3.8) is 0 Å². The van der Waals surface area contributed by atoms with E-state index in [1.54, 1.807) is 6.07 Å². The summed E-state index contributed by atoms with van der Waals surface area (Å²) in [6.07, 6.45) is 1.64. The van der Waals surface area contributed by atoms with Crippen molar-refractivity contribution >= 4 is 41.8 Å². The highest BCUT2D eigenvalue weighted by Crippen LogP contribution is 2.35. The Morgan fingerprint density at radius 2 is 1.77 bits per heavy atom. The molecule has 7 heteroatoms. The highest BCUT2D eigenvalue weighted by molar-refractivity contribution is 6.75. The molecule has 30 heavy (non-hydrogen) atoms. The van der Waals surface area contributed by atoms with Crippen molar-refractivity contribution in [2.45, 2.75) is 46.0 Å². The summed E-state index contributed by atoms with van der Waals surface area (Å²) >= 11 is 0. The number of fused-ring (bicyclic) bond motifs is 2. The van der Waals surface area contributed by atoms with Crippen LogP contribution in [0.5, 0.6) is 0 Å². The van der Waals surface area contributed by atoms with E-state index in [0.717, 1.165) is 22.0 Å². The van der Waals surface area contributed by atoms with Gasteiger partial charge in [-0.15, -0.1) is 0 Å². The lowest BCUT2D eigenvalue weighted by Gasteiger charge is -2.20. The van der Waals surface area contributed by atoms with Gasteiger partial charge in [0.15, 0.2) is 8.24 Å². The third-order valence-corrected chi connectivity index (χ3v) is 6.82. The summed E-state index contributed by atoms with van der Waals surface area (Å²) in [4.78, 5) is 12.9. The second kappa shape index (κ2) is 6.73. The van der Waals surface area contributed by atoms with Gasteiger partial charge in [-0.1, -0.05) is 31.8 Å². The van der Waals surface area contributed by atoms with Crippen LogP contribution < -0.4 is 5.73 Å². The van der Waals surface area contributed by atoms with Crippen molar-refractivity contribution in [1.82, 2.24) is 14.0 Å². The van der Waals surface area contributed by atoms with E-state index >= 15 is 0 Å². The van der Waals surface area contributed by atoms with Gasteiger partial charge in [0.1, 0.15) is 11.3 Å². The van der Waals surface area contributed by atoms with Gasteiger partial charge in [0.25, 0.3) is 0 Å². The number of nitrogens with two attached hydrogens (primary N) is 1. The van der Waals surface area contributed by atoms with Gasteiger partial charge in [-0.2, -0.15) is 9.78 Å². The second-order valence-corrected chi connectivity index (χ2v) is 14.4. The Morgan fingerprint density at radius 1 is 1.03 bits per heavy atom. The minimum atomic E-state index is -1.57. The Bertz CT molecular complexity index is 1270. The molecule has 0 spiro atoms. The number of hydrogen-bond acceptors (Lipinski definition) is 4. The van der Waals surface area contributed by atoms with Gasteiger partial charge >= 0.3 is 6.09 Å². The summed E-state index contributed by atoms with van der Waals surface area (Å²) in [5, 5.41) is 6.68. The molecule has 2 N–H and O–H groups in total. The van der Waals surface area contributed by atoms with Crippen molar-refractivity contribution in [2.75, 3.05) is 5.73 Å². The number of ether oxygens (including phenoxy) is 1. The first-order chi connectivity index (χ1) is 14.0. The summed E-state index contributed by atoms with van der Waals surface area (Å²) in [6.45, 7) is 12.5. The first-order valence-electron chi connectivity index (χ1n) is 10.1. The molecule has 0 aliphatic carbocycles. The molecule has 0 unspecified atom stereocenters. The molecule has 4 rings (SSSR count). The first-order valence-corrected chi connectivity index (χ1v) is 13.5. The zero-order valence-corrected chi connectivity index (χ0v) is 19.4. The van der Waals surface area contributed by atoms with Gasteiger partial charge in [-0.05, 0) is 57.3 Å². The lowest BCUT2D eigenvalue weighted by atomic mass is 10.0. The summed E-state index contributed by atoms with van der Waals surface area (Å²) < 4.78 is 9.29. The Hall–Kier alpha value is -3.06. The zero-order valence-electron chi connectivity index (χ0n) is 18.4. The number of carbonyl (C=O) groups excluding carboxylic acids is 1. The van der Waals surface area contributed by atoms with Crippen LogP contribution in [0, 0.1) is 0 Å². The molecule has 0 radical (unpaired) electrons. The second-order valence-electron chi connectivity index (χ2n) is 9.61. The number of rotatable bonds is 2. The highest BCUT2D eigenvalue weighted by Gasteiger charge is 2.24. The average Bonchev–Trinajstić information content (AvgIpc) is 3.21.